The third kappa shape index (κ3) is 4.99. The van der Waals surface area contributed by atoms with Gasteiger partial charge in [-0.1, -0.05) is 17.7 Å². The highest BCUT2D eigenvalue weighted by Crippen LogP contribution is 2.22. The highest BCUT2D eigenvalue weighted by atomic mass is 35.5. The van der Waals surface area contributed by atoms with Crippen LogP contribution >= 0.6 is 12.4 Å². The molecular weight excluding hydrogens is 286 g/mol. The van der Waals surface area contributed by atoms with Gasteiger partial charge in [-0.3, -0.25) is 9.69 Å². The van der Waals surface area contributed by atoms with Crippen LogP contribution in [0.15, 0.2) is 12.1 Å². The summed E-state index contributed by atoms with van der Waals surface area (Å²) in [7, 11) is 0. The van der Waals surface area contributed by atoms with Crippen LogP contribution in [0.3, 0.4) is 0 Å². The lowest BCUT2D eigenvalue weighted by Gasteiger charge is -2.30. The number of halogens is 1. The zero-order valence-corrected chi connectivity index (χ0v) is 13.9. The van der Waals surface area contributed by atoms with Crippen LogP contribution in [0.5, 0.6) is 0 Å². The molecule has 1 aromatic carbocycles. The molecule has 4 nitrogen and oxygen atoms in total. The molecule has 0 aliphatic carbocycles. The first-order valence-electron chi connectivity index (χ1n) is 7.31. The molecule has 0 aromatic heterocycles. The van der Waals surface area contributed by atoms with Crippen molar-refractivity contribution in [2.45, 2.75) is 39.7 Å². The minimum absolute atomic E-state index is 0. The maximum atomic E-state index is 12.2. The first-order valence-corrected chi connectivity index (χ1v) is 7.31. The summed E-state index contributed by atoms with van der Waals surface area (Å²) in [5.41, 5.74) is 10.3. The molecule has 1 saturated heterocycles. The van der Waals surface area contributed by atoms with Gasteiger partial charge in [0.05, 0.1) is 6.54 Å². The molecule has 21 heavy (non-hydrogen) atoms. The molecule has 1 aromatic rings. The summed E-state index contributed by atoms with van der Waals surface area (Å²) in [4.78, 5) is 14.3. The van der Waals surface area contributed by atoms with E-state index in [2.05, 4.69) is 29.3 Å². The molecule has 0 bridgehead atoms. The number of carbonyl (C=O) groups is 1. The zero-order valence-electron chi connectivity index (χ0n) is 13.1. The van der Waals surface area contributed by atoms with Crippen LogP contribution in [0, 0.1) is 20.8 Å². The predicted octanol–water partition coefficient (Wildman–Crippen LogP) is 2.40. The predicted molar refractivity (Wildman–Crippen MR) is 90.2 cm³/mol. The summed E-state index contributed by atoms with van der Waals surface area (Å²) < 4.78 is 0. The van der Waals surface area contributed by atoms with Crippen LogP contribution in [-0.2, 0) is 4.79 Å². The fourth-order valence-electron chi connectivity index (χ4n) is 2.99. The number of rotatable bonds is 3. The van der Waals surface area contributed by atoms with E-state index in [1.165, 1.54) is 5.56 Å². The van der Waals surface area contributed by atoms with Crippen molar-refractivity contribution >= 4 is 24.0 Å². The van der Waals surface area contributed by atoms with Crippen molar-refractivity contribution < 1.29 is 4.79 Å². The van der Waals surface area contributed by atoms with Gasteiger partial charge in [0, 0.05) is 18.3 Å². The molecule has 1 fully saturated rings. The molecule has 0 radical (unpaired) electrons. The van der Waals surface area contributed by atoms with E-state index in [1.54, 1.807) is 0 Å². The Labute approximate surface area is 133 Å². The quantitative estimate of drug-likeness (QED) is 0.901. The van der Waals surface area contributed by atoms with Gasteiger partial charge in [-0.2, -0.15) is 0 Å². The fraction of sp³-hybridized carbons (Fsp3) is 0.562. The van der Waals surface area contributed by atoms with Crippen LogP contribution in [0.2, 0.25) is 0 Å². The van der Waals surface area contributed by atoms with E-state index in [0.717, 1.165) is 42.7 Å². The van der Waals surface area contributed by atoms with Crippen LogP contribution in [0.25, 0.3) is 0 Å². The van der Waals surface area contributed by atoms with E-state index >= 15 is 0 Å². The Bertz CT molecular complexity index is 481. The van der Waals surface area contributed by atoms with Gasteiger partial charge in [0.2, 0.25) is 5.91 Å². The first kappa shape index (κ1) is 18.0. The molecule has 3 N–H and O–H groups in total. The molecule has 1 aliphatic rings. The highest BCUT2D eigenvalue weighted by Gasteiger charge is 2.19. The van der Waals surface area contributed by atoms with Gasteiger partial charge in [0.1, 0.15) is 0 Å². The average molecular weight is 312 g/mol. The Kier molecular flexibility index (Phi) is 6.65. The van der Waals surface area contributed by atoms with Crippen molar-refractivity contribution in [1.29, 1.82) is 0 Å². The number of aryl methyl sites for hydroxylation is 3. The number of carbonyl (C=O) groups excluding carboxylic acids is 1. The summed E-state index contributed by atoms with van der Waals surface area (Å²) in [5, 5.41) is 3.05. The minimum Gasteiger partial charge on any atom is -0.327 e. The van der Waals surface area contributed by atoms with Crippen molar-refractivity contribution in [2.75, 3.05) is 25.0 Å². The number of nitrogens with one attached hydrogen (secondary N) is 1. The summed E-state index contributed by atoms with van der Waals surface area (Å²) in [6, 6.07) is 4.40. The zero-order chi connectivity index (χ0) is 14.7. The molecule has 1 heterocycles. The number of hydrogen-bond acceptors (Lipinski definition) is 3. The molecule has 2 rings (SSSR count). The maximum Gasteiger partial charge on any atom is 0.238 e. The summed E-state index contributed by atoms with van der Waals surface area (Å²) in [5.74, 6) is 0.0501. The van der Waals surface area contributed by atoms with Gasteiger partial charge in [-0.15, -0.1) is 12.4 Å². The number of nitrogens with two attached hydrogens (primary N) is 1. The number of amides is 1. The molecule has 1 aliphatic heterocycles. The monoisotopic (exact) mass is 311 g/mol. The molecule has 5 heteroatoms. The Morgan fingerprint density at radius 3 is 2.52 bits per heavy atom. The van der Waals surface area contributed by atoms with Crippen molar-refractivity contribution in [3.05, 3.63) is 28.8 Å². The molecule has 0 spiro atoms. The smallest absolute Gasteiger partial charge is 0.238 e. The average Bonchev–Trinajstić information content (AvgIpc) is 2.33. The summed E-state index contributed by atoms with van der Waals surface area (Å²) in [6.07, 6.45) is 2.14. The lowest BCUT2D eigenvalue weighted by atomic mass is 10.0. The van der Waals surface area contributed by atoms with Gasteiger partial charge in [0.25, 0.3) is 0 Å². The lowest BCUT2D eigenvalue weighted by molar-refractivity contribution is -0.117. The van der Waals surface area contributed by atoms with Crippen molar-refractivity contribution in [2.24, 2.45) is 5.73 Å². The number of hydrogen-bond donors (Lipinski definition) is 2. The number of benzene rings is 1. The minimum atomic E-state index is 0. The van der Waals surface area contributed by atoms with E-state index in [4.69, 9.17) is 5.73 Å². The van der Waals surface area contributed by atoms with Gasteiger partial charge < -0.3 is 11.1 Å². The number of likely N-dealkylation sites (tertiary alicyclic amines) is 1. The summed E-state index contributed by atoms with van der Waals surface area (Å²) in [6.45, 7) is 8.35. The molecular formula is C16H26ClN3O. The van der Waals surface area contributed by atoms with Crippen molar-refractivity contribution in [3.63, 3.8) is 0 Å². The van der Waals surface area contributed by atoms with E-state index < -0.39 is 0 Å². The molecule has 1 atom stereocenters. The van der Waals surface area contributed by atoms with Crippen LogP contribution in [0.4, 0.5) is 5.69 Å². The lowest BCUT2D eigenvalue weighted by Crippen LogP contribution is -2.45. The third-order valence-corrected chi connectivity index (χ3v) is 3.85. The van der Waals surface area contributed by atoms with E-state index in [0.29, 0.717) is 6.54 Å². The van der Waals surface area contributed by atoms with Gasteiger partial charge >= 0.3 is 0 Å². The topological polar surface area (TPSA) is 58.4 Å². The first-order chi connectivity index (χ1) is 9.45. The molecule has 0 saturated carbocycles. The van der Waals surface area contributed by atoms with E-state index in [-0.39, 0.29) is 24.4 Å². The van der Waals surface area contributed by atoms with Crippen molar-refractivity contribution in [3.8, 4) is 0 Å². The van der Waals surface area contributed by atoms with Gasteiger partial charge in [0.15, 0.2) is 0 Å². The third-order valence-electron chi connectivity index (χ3n) is 3.85. The van der Waals surface area contributed by atoms with Gasteiger partial charge in [-0.05, 0) is 51.3 Å². The Morgan fingerprint density at radius 1 is 1.33 bits per heavy atom. The van der Waals surface area contributed by atoms with Gasteiger partial charge in [-0.25, -0.2) is 0 Å². The maximum absolute atomic E-state index is 12.2. The number of anilines is 1. The largest absolute Gasteiger partial charge is 0.327 e. The molecule has 118 valence electrons. The van der Waals surface area contributed by atoms with E-state index in [9.17, 15) is 4.79 Å². The molecule has 1 unspecified atom stereocenters. The Balaban J connectivity index is 0.00000220. The Morgan fingerprint density at radius 2 is 1.95 bits per heavy atom. The Hall–Kier alpha value is -1.10. The molecule has 1 amide bonds. The van der Waals surface area contributed by atoms with Crippen LogP contribution < -0.4 is 11.1 Å². The standard InChI is InChI=1S/C16H25N3O.ClH/c1-11-7-12(2)16(13(3)8-11)18-15(20)10-19-6-4-5-14(17)9-19;/h7-8,14H,4-6,9-10,17H2,1-3H3,(H,18,20);1H. The van der Waals surface area contributed by atoms with Crippen molar-refractivity contribution in [1.82, 2.24) is 4.90 Å². The SMILES string of the molecule is Cc1cc(C)c(NC(=O)CN2CCCC(N)C2)c(C)c1.Cl. The second-order valence-corrected chi connectivity index (χ2v) is 5.96. The second kappa shape index (κ2) is 7.78. The normalized spacial score (nSPS) is 19.0. The summed E-state index contributed by atoms with van der Waals surface area (Å²) >= 11 is 0. The second-order valence-electron chi connectivity index (χ2n) is 5.96. The number of piperidine rings is 1. The fourth-order valence-corrected chi connectivity index (χ4v) is 2.99. The highest BCUT2D eigenvalue weighted by molar-refractivity contribution is 5.93. The van der Waals surface area contributed by atoms with Crippen LogP contribution in [0.1, 0.15) is 29.5 Å². The van der Waals surface area contributed by atoms with Crippen LogP contribution in [-0.4, -0.2) is 36.5 Å². The van der Waals surface area contributed by atoms with E-state index in [1.807, 2.05) is 13.8 Å². The number of nitrogens with zero attached hydrogens (tertiary/aromatic N) is 1.